The Morgan fingerprint density at radius 3 is 2.88 bits per heavy atom. The highest BCUT2D eigenvalue weighted by Gasteiger charge is 2.16. The van der Waals surface area contributed by atoms with Crippen molar-refractivity contribution in [3.8, 4) is 5.75 Å². The molecule has 4 nitrogen and oxygen atoms in total. The highest BCUT2D eigenvalue weighted by molar-refractivity contribution is 6.31. The predicted molar refractivity (Wildman–Crippen MR) is 90.3 cm³/mol. The van der Waals surface area contributed by atoms with Gasteiger partial charge in [0.1, 0.15) is 18.2 Å². The normalized spacial score (nSPS) is 11.0. The fourth-order valence-corrected chi connectivity index (χ4v) is 2.73. The minimum Gasteiger partial charge on any atom is -0.491 e. The van der Waals surface area contributed by atoms with E-state index in [9.17, 15) is 9.18 Å². The summed E-state index contributed by atoms with van der Waals surface area (Å²) < 4.78 is 18.7. The second kappa shape index (κ2) is 7.03. The number of rotatable bonds is 6. The van der Waals surface area contributed by atoms with Crippen molar-refractivity contribution in [1.29, 1.82) is 0 Å². The number of hydrogen-bond donors (Lipinski definition) is 2. The van der Waals surface area contributed by atoms with Crippen molar-refractivity contribution in [3.63, 3.8) is 0 Å². The van der Waals surface area contributed by atoms with E-state index in [1.165, 1.54) is 18.2 Å². The van der Waals surface area contributed by atoms with Crippen molar-refractivity contribution in [1.82, 2.24) is 4.98 Å². The molecule has 2 aromatic carbocycles. The van der Waals surface area contributed by atoms with Gasteiger partial charge in [-0.15, -0.1) is 0 Å². The fourth-order valence-electron chi connectivity index (χ4n) is 2.56. The van der Waals surface area contributed by atoms with Gasteiger partial charge in [0.25, 0.3) is 0 Å². The van der Waals surface area contributed by atoms with E-state index in [1.807, 2.05) is 0 Å². The molecule has 124 valence electrons. The smallest absolute Gasteiger partial charge is 0.169 e. The summed E-state index contributed by atoms with van der Waals surface area (Å²) in [5, 5.41) is 10.2. The molecule has 0 aliphatic rings. The molecule has 0 amide bonds. The van der Waals surface area contributed by atoms with Crippen LogP contribution in [0, 0.1) is 5.82 Å². The number of aliphatic hydroxyl groups is 1. The number of aromatic amines is 1. The zero-order valence-electron chi connectivity index (χ0n) is 12.7. The van der Waals surface area contributed by atoms with Crippen LogP contribution >= 0.6 is 11.6 Å². The molecule has 24 heavy (non-hydrogen) atoms. The van der Waals surface area contributed by atoms with Gasteiger partial charge in [0.05, 0.1) is 6.61 Å². The van der Waals surface area contributed by atoms with Crippen LogP contribution < -0.4 is 4.74 Å². The lowest BCUT2D eigenvalue weighted by Crippen LogP contribution is -2.08. The molecule has 1 heterocycles. The number of aliphatic hydroxyl groups excluding tert-OH is 1. The van der Waals surface area contributed by atoms with Gasteiger partial charge in [-0.3, -0.25) is 4.79 Å². The number of halogens is 2. The van der Waals surface area contributed by atoms with E-state index in [4.69, 9.17) is 21.4 Å². The van der Waals surface area contributed by atoms with Crippen molar-refractivity contribution in [2.75, 3.05) is 13.2 Å². The number of ketones is 1. The fraction of sp³-hybridized carbons (Fsp3) is 0.167. The summed E-state index contributed by atoms with van der Waals surface area (Å²) in [6, 6.07) is 9.28. The number of aromatic nitrogens is 1. The van der Waals surface area contributed by atoms with Crippen LogP contribution in [0.25, 0.3) is 10.9 Å². The molecule has 0 fully saturated rings. The molecule has 0 aliphatic heterocycles. The van der Waals surface area contributed by atoms with Gasteiger partial charge >= 0.3 is 0 Å². The maximum atomic E-state index is 13.4. The summed E-state index contributed by atoms with van der Waals surface area (Å²) in [6.45, 7) is -0.149. The Morgan fingerprint density at radius 1 is 1.25 bits per heavy atom. The number of Topliss-reactive ketones (excluding diaryl/α,β-unsaturated/α-hetero) is 1. The zero-order valence-corrected chi connectivity index (χ0v) is 13.4. The summed E-state index contributed by atoms with van der Waals surface area (Å²) in [5.41, 5.74) is 1.89. The van der Waals surface area contributed by atoms with Crippen molar-refractivity contribution in [3.05, 3.63) is 64.6 Å². The van der Waals surface area contributed by atoms with Gasteiger partial charge in [0.15, 0.2) is 5.78 Å². The van der Waals surface area contributed by atoms with E-state index in [-0.39, 0.29) is 31.2 Å². The molecule has 3 rings (SSSR count). The molecule has 0 atom stereocenters. The summed E-state index contributed by atoms with van der Waals surface area (Å²) in [5.74, 6) is -0.315. The van der Waals surface area contributed by atoms with Crippen molar-refractivity contribution in [2.24, 2.45) is 0 Å². The zero-order chi connectivity index (χ0) is 17.1. The molecule has 6 heteroatoms. The van der Waals surface area contributed by atoms with E-state index in [2.05, 4.69) is 4.98 Å². The number of carbonyl (C=O) groups excluding carboxylic acids is 1. The first-order valence-corrected chi connectivity index (χ1v) is 7.78. The number of fused-ring (bicyclic) bond motifs is 1. The Labute approximate surface area is 142 Å². The van der Waals surface area contributed by atoms with Crippen LogP contribution in [0.4, 0.5) is 4.39 Å². The van der Waals surface area contributed by atoms with Gasteiger partial charge in [-0.25, -0.2) is 4.39 Å². The predicted octanol–water partition coefficient (Wildman–Crippen LogP) is 3.76. The number of ether oxygens (including phenoxy) is 1. The van der Waals surface area contributed by atoms with E-state index in [1.54, 1.807) is 24.4 Å². The van der Waals surface area contributed by atoms with E-state index in [0.717, 1.165) is 10.9 Å². The van der Waals surface area contributed by atoms with E-state index in [0.29, 0.717) is 16.1 Å². The molecule has 0 saturated heterocycles. The van der Waals surface area contributed by atoms with Gasteiger partial charge in [-0.1, -0.05) is 23.7 Å². The molecule has 0 saturated carbocycles. The lowest BCUT2D eigenvalue weighted by molar-refractivity contribution is 0.0993. The van der Waals surface area contributed by atoms with Crippen molar-refractivity contribution in [2.45, 2.75) is 6.42 Å². The molecule has 0 aliphatic carbocycles. The maximum absolute atomic E-state index is 13.4. The molecule has 0 radical (unpaired) electrons. The minimum absolute atomic E-state index is 0.0379. The Kier molecular flexibility index (Phi) is 4.83. The summed E-state index contributed by atoms with van der Waals surface area (Å²) in [7, 11) is 0. The Morgan fingerprint density at radius 2 is 2.08 bits per heavy atom. The average molecular weight is 348 g/mol. The third-order valence-electron chi connectivity index (χ3n) is 3.67. The quantitative estimate of drug-likeness (QED) is 0.667. The molecular formula is C18H15ClFNO3. The van der Waals surface area contributed by atoms with Gasteiger partial charge in [-0.2, -0.15) is 0 Å². The molecular weight excluding hydrogens is 333 g/mol. The van der Waals surface area contributed by atoms with Crippen LogP contribution in [-0.2, 0) is 6.42 Å². The molecule has 3 aromatic rings. The molecule has 0 bridgehead atoms. The van der Waals surface area contributed by atoms with Crippen LogP contribution in [0.2, 0.25) is 5.02 Å². The molecule has 1 aromatic heterocycles. The van der Waals surface area contributed by atoms with Crippen LogP contribution in [0.1, 0.15) is 15.9 Å². The van der Waals surface area contributed by atoms with Gasteiger partial charge in [0.2, 0.25) is 0 Å². The topological polar surface area (TPSA) is 62.3 Å². The third-order valence-corrected chi connectivity index (χ3v) is 3.91. The standard InChI is InChI=1S/C18H15ClFNO3/c19-12-2-4-14-15(10-21-16(14)8-12)17(23)7-11-1-3-13(20)9-18(11)24-6-5-22/h1-4,8-10,21-22H,5-7H2. The number of carbonyl (C=O) groups is 1. The Bertz CT molecular complexity index is 891. The number of benzene rings is 2. The lowest BCUT2D eigenvalue weighted by atomic mass is 10.0. The largest absolute Gasteiger partial charge is 0.491 e. The van der Waals surface area contributed by atoms with Crippen LogP contribution in [-0.4, -0.2) is 29.1 Å². The van der Waals surface area contributed by atoms with E-state index < -0.39 is 5.82 Å². The first kappa shape index (κ1) is 16.5. The summed E-state index contributed by atoms with van der Waals surface area (Å²) >= 11 is 5.94. The molecule has 0 spiro atoms. The average Bonchev–Trinajstić information content (AvgIpc) is 2.98. The number of hydrogen-bond acceptors (Lipinski definition) is 3. The summed E-state index contributed by atoms with van der Waals surface area (Å²) in [4.78, 5) is 15.7. The van der Waals surface area contributed by atoms with Crippen LogP contribution in [0.3, 0.4) is 0 Å². The van der Waals surface area contributed by atoms with Crippen LogP contribution in [0.5, 0.6) is 5.75 Å². The highest BCUT2D eigenvalue weighted by atomic mass is 35.5. The van der Waals surface area contributed by atoms with Crippen LogP contribution in [0.15, 0.2) is 42.6 Å². The first-order valence-electron chi connectivity index (χ1n) is 7.40. The van der Waals surface area contributed by atoms with Gasteiger partial charge in [-0.05, 0) is 18.2 Å². The maximum Gasteiger partial charge on any atom is 0.169 e. The van der Waals surface area contributed by atoms with Gasteiger partial charge < -0.3 is 14.8 Å². The SMILES string of the molecule is O=C(Cc1ccc(F)cc1OCCO)c1c[nH]c2cc(Cl)ccc12. The van der Waals surface area contributed by atoms with Crippen molar-refractivity contribution < 1.29 is 19.0 Å². The molecule has 0 unspecified atom stereocenters. The highest BCUT2D eigenvalue weighted by Crippen LogP contribution is 2.26. The Hall–Kier alpha value is -2.37. The van der Waals surface area contributed by atoms with Gasteiger partial charge in [0, 0.05) is 45.7 Å². The minimum atomic E-state index is -0.458. The summed E-state index contributed by atoms with van der Waals surface area (Å²) in [6.07, 6.45) is 1.71. The molecule has 2 N–H and O–H groups in total. The Balaban J connectivity index is 1.88. The number of H-pyrrole nitrogens is 1. The second-order valence-corrected chi connectivity index (χ2v) is 5.75. The first-order chi connectivity index (χ1) is 11.6. The third kappa shape index (κ3) is 3.42. The van der Waals surface area contributed by atoms with E-state index >= 15 is 0 Å². The second-order valence-electron chi connectivity index (χ2n) is 5.32. The number of nitrogens with one attached hydrogen (secondary N) is 1. The van der Waals surface area contributed by atoms with Crippen molar-refractivity contribution >= 4 is 28.3 Å². The lowest BCUT2D eigenvalue weighted by Gasteiger charge is -2.10. The monoisotopic (exact) mass is 347 g/mol.